The number of ether oxygens (including phenoxy) is 1. The van der Waals surface area contributed by atoms with Crippen LogP contribution in [0.15, 0.2) is 0 Å². The first-order valence-electron chi connectivity index (χ1n) is 5.33. The van der Waals surface area contributed by atoms with Crippen LogP contribution < -0.4 is 11.1 Å². The van der Waals surface area contributed by atoms with Gasteiger partial charge in [0.1, 0.15) is 0 Å². The molecule has 0 rings (SSSR count). The number of amides is 1. The van der Waals surface area contributed by atoms with E-state index in [4.69, 9.17) is 5.73 Å². The minimum absolute atomic E-state index is 0.232. The zero-order chi connectivity index (χ0) is 11.7. The number of carbonyl (C=O) groups excluding carboxylic acids is 2. The molecule has 0 aromatic carbocycles. The van der Waals surface area contributed by atoms with Crippen LogP contribution in [-0.2, 0) is 14.3 Å². The van der Waals surface area contributed by atoms with Gasteiger partial charge in [0.2, 0.25) is 5.91 Å². The van der Waals surface area contributed by atoms with Crippen molar-refractivity contribution in [3.8, 4) is 0 Å². The second-order valence-electron chi connectivity index (χ2n) is 3.23. The van der Waals surface area contributed by atoms with Crippen molar-refractivity contribution in [1.29, 1.82) is 0 Å². The highest BCUT2D eigenvalue weighted by atomic mass is 16.5. The smallest absolute Gasteiger partial charge is 0.332 e. The Morgan fingerprint density at radius 3 is 2.53 bits per heavy atom. The van der Waals surface area contributed by atoms with E-state index in [2.05, 4.69) is 17.0 Å². The van der Waals surface area contributed by atoms with Crippen LogP contribution >= 0.6 is 0 Å². The molecule has 0 aromatic rings. The van der Waals surface area contributed by atoms with Crippen molar-refractivity contribution < 1.29 is 14.3 Å². The fourth-order valence-electron chi connectivity index (χ4n) is 1.04. The number of nitrogens with one attached hydrogen (secondary N) is 1. The molecule has 0 aliphatic heterocycles. The summed E-state index contributed by atoms with van der Waals surface area (Å²) in [5.41, 5.74) is 5.37. The van der Waals surface area contributed by atoms with Gasteiger partial charge in [-0.05, 0) is 13.3 Å². The molecule has 0 fully saturated rings. The fourth-order valence-corrected chi connectivity index (χ4v) is 1.04. The van der Waals surface area contributed by atoms with Gasteiger partial charge in [0, 0.05) is 6.54 Å². The van der Waals surface area contributed by atoms with E-state index in [1.807, 2.05) is 0 Å². The standard InChI is InChI=1S/C10H20N2O3/c1-3-5-6-7-12-9(13)8(11)10(14)15-4-2/h8H,3-7,11H2,1-2H3,(H,12,13). The van der Waals surface area contributed by atoms with Crippen molar-refractivity contribution in [1.82, 2.24) is 5.32 Å². The van der Waals surface area contributed by atoms with E-state index in [1.165, 1.54) is 0 Å². The van der Waals surface area contributed by atoms with Gasteiger partial charge >= 0.3 is 5.97 Å². The van der Waals surface area contributed by atoms with Crippen molar-refractivity contribution in [3.63, 3.8) is 0 Å². The Kier molecular flexibility index (Phi) is 7.62. The molecule has 0 heterocycles. The number of nitrogens with two attached hydrogens (primary N) is 1. The third kappa shape index (κ3) is 6.06. The SMILES string of the molecule is CCCCCNC(=O)C(N)C(=O)OCC. The second kappa shape index (κ2) is 8.23. The van der Waals surface area contributed by atoms with Crippen molar-refractivity contribution in [2.45, 2.75) is 39.2 Å². The summed E-state index contributed by atoms with van der Waals surface area (Å²) in [6.07, 6.45) is 3.03. The first kappa shape index (κ1) is 13.9. The van der Waals surface area contributed by atoms with Crippen LogP contribution in [-0.4, -0.2) is 31.1 Å². The Bertz CT molecular complexity index is 207. The van der Waals surface area contributed by atoms with E-state index in [0.717, 1.165) is 19.3 Å². The molecule has 1 amide bonds. The molecular weight excluding hydrogens is 196 g/mol. The van der Waals surface area contributed by atoms with Crippen LogP contribution in [0.4, 0.5) is 0 Å². The van der Waals surface area contributed by atoms with Crippen LogP contribution in [0.3, 0.4) is 0 Å². The topological polar surface area (TPSA) is 81.4 Å². The zero-order valence-corrected chi connectivity index (χ0v) is 9.41. The Morgan fingerprint density at radius 1 is 1.33 bits per heavy atom. The van der Waals surface area contributed by atoms with Gasteiger partial charge in [-0.1, -0.05) is 19.8 Å². The van der Waals surface area contributed by atoms with E-state index < -0.39 is 17.9 Å². The van der Waals surface area contributed by atoms with Crippen LogP contribution in [0.25, 0.3) is 0 Å². The van der Waals surface area contributed by atoms with E-state index >= 15 is 0 Å². The summed E-state index contributed by atoms with van der Waals surface area (Å²) in [4.78, 5) is 22.4. The largest absolute Gasteiger partial charge is 0.464 e. The Hall–Kier alpha value is -1.10. The highest BCUT2D eigenvalue weighted by Gasteiger charge is 2.22. The molecule has 3 N–H and O–H groups in total. The molecule has 5 heteroatoms. The lowest BCUT2D eigenvalue weighted by atomic mass is 10.2. The third-order valence-electron chi connectivity index (χ3n) is 1.90. The summed E-state index contributed by atoms with van der Waals surface area (Å²) in [6, 6.07) is -1.20. The second-order valence-corrected chi connectivity index (χ2v) is 3.23. The normalized spacial score (nSPS) is 11.9. The molecule has 5 nitrogen and oxygen atoms in total. The molecular formula is C10H20N2O3. The number of hydrogen-bond acceptors (Lipinski definition) is 4. The molecule has 0 aliphatic rings. The predicted molar refractivity (Wildman–Crippen MR) is 57.1 cm³/mol. The Labute approximate surface area is 90.4 Å². The summed E-state index contributed by atoms with van der Waals surface area (Å²) in [5, 5.41) is 2.59. The molecule has 1 unspecified atom stereocenters. The van der Waals surface area contributed by atoms with Crippen LogP contribution in [0.1, 0.15) is 33.1 Å². The molecule has 15 heavy (non-hydrogen) atoms. The minimum Gasteiger partial charge on any atom is -0.464 e. The quantitative estimate of drug-likeness (QED) is 0.361. The molecule has 0 saturated carbocycles. The predicted octanol–water partition coefficient (Wildman–Crippen LogP) is 0.183. The minimum atomic E-state index is -1.20. The van der Waals surface area contributed by atoms with E-state index in [1.54, 1.807) is 6.92 Å². The van der Waals surface area contributed by atoms with E-state index in [-0.39, 0.29) is 6.61 Å². The van der Waals surface area contributed by atoms with Crippen molar-refractivity contribution in [2.75, 3.05) is 13.2 Å². The summed E-state index contributed by atoms with van der Waals surface area (Å²) in [6.45, 7) is 4.53. The number of rotatable bonds is 7. The van der Waals surface area contributed by atoms with Crippen LogP contribution in [0.2, 0.25) is 0 Å². The van der Waals surface area contributed by atoms with Gasteiger partial charge in [0.15, 0.2) is 6.04 Å². The Balaban J connectivity index is 3.73. The zero-order valence-electron chi connectivity index (χ0n) is 9.41. The van der Waals surface area contributed by atoms with E-state index in [0.29, 0.717) is 6.54 Å². The summed E-state index contributed by atoms with van der Waals surface area (Å²) in [7, 11) is 0. The average molecular weight is 216 g/mol. The van der Waals surface area contributed by atoms with Gasteiger partial charge in [-0.25, -0.2) is 4.79 Å². The maximum Gasteiger partial charge on any atom is 0.332 e. The van der Waals surface area contributed by atoms with Gasteiger partial charge in [-0.2, -0.15) is 0 Å². The highest BCUT2D eigenvalue weighted by molar-refractivity contribution is 6.01. The third-order valence-corrected chi connectivity index (χ3v) is 1.90. The maximum absolute atomic E-state index is 11.3. The lowest BCUT2D eigenvalue weighted by Crippen LogP contribution is -2.47. The Morgan fingerprint density at radius 2 is 2.00 bits per heavy atom. The van der Waals surface area contributed by atoms with Crippen molar-refractivity contribution in [3.05, 3.63) is 0 Å². The average Bonchev–Trinajstić information content (AvgIpc) is 2.23. The molecule has 88 valence electrons. The number of unbranched alkanes of at least 4 members (excludes halogenated alkanes) is 2. The van der Waals surface area contributed by atoms with E-state index in [9.17, 15) is 9.59 Å². The molecule has 0 saturated heterocycles. The molecule has 0 radical (unpaired) electrons. The van der Waals surface area contributed by atoms with Crippen LogP contribution in [0, 0.1) is 0 Å². The highest BCUT2D eigenvalue weighted by Crippen LogP contribution is 1.92. The van der Waals surface area contributed by atoms with Gasteiger partial charge < -0.3 is 15.8 Å². The number of hydrogen-bond donors (Lipinski definition) is 2. The lowest BCUT2D eigenvalue weighted by molar-refractivity contribution is -0.147. The molecule has 0 aromatic heterocycles. The van der Waals surface area contributed by atoms with Gasteiger partial charge in [0.25, 0.3) is 0 Å². The fraction of sp³-hybridized carbons (Fsp3) is 0.800. The summed E-state index contributed by atoms with van der Waals surface area (Å²) < 4.78 is 4.63. The summed E-state index contributed by atoms with van der Waals surface area (Å²) >= 11 is 0. The van der Waals surface area contributed by atoms with Crippen molar-refractivity contribution in [2.24, 2.45) is 5.73 Å². The van der Waals surface area contributed by atoms with Gasteiger partial charge in [-0.15, -0.1) is 0 Å². The number of esters is 1. The summed E-state index contributed by atoms with van der Waals surface area (Å²) in [5.74, 6) is -1.14. The first-order chi connectivity index (χ1) is 7.13. The molecule has 0 spiro atoms. The van der Waals surface area contributed by atoms with Crippen LogP contribution in [0.5, 0.6) is 0 Å². The molecule has 1 atom stereocenters. The van der Waals surface area contributed by atoms with Crippen molar-refractivity contribution >= 4 is 11.9 Å². The van der Waals surface area contributed by atoms with Gasteiger partial charge in [0.05, 0.1) is 6.61 Å². The monoisotopic (exact) mass is 216 g/mol. The lowest BCUT2D eigenvalue weighted by Gasteiger charge is -2.10. The first-order valence-corrected chi connectivity index (χ1v) is 5.33. The number of carbonyl (C=O) groups is 2. The maximum atomic E-state index is 11.3. The molecule has 0 bridgehead atoms. The van der Waals surface area contributed by atoms with Gasteiger partial charge in [-0.3, -0.25) is 4.79 Å². The molecule has 0 aliphatic carbocycles.